The van der Waals surface area contributed by atoms with E-state index < -0.39 is 12.0 Å². The third-order valence-electron chi connectivity index (χ3n) is 2.48. The van der Waals surface area contributed by atoms with Gasteiger partial charge < -0.3 is 10.1 Å². The van der Waals surface area contributed by atoms with E-state index in [1.54, 1.807) is 31.2 Å². The first-order valence-corrected chi connectivity index (χ1v) is 6.17. The number of amides is 1. The van der Waals surface area contributed by atoms with Crippen molar-refractivity contribution in [3.8, 4) is 0 Å². The maximum absolute atomic E-state index is 11.8. The van der Waals surface area contributed by atoms with Crippen molar-refractivity contribution in [2.45, 2.75) is 32.7 Å². The van der Waals surface area contributed by atoms with Gasteiger partial charge in [0, 0.05) is 5.56 Å². The van der Waals surface area contributed by atoms with Crippen LogP contribution in [0.1, 0.15) is 37.0 Å². The Hall–Kier alpha value is -1.84. The van der Waals surface area contributed by atoms with Gasteiger partial charge in [-0.15, -0.1) is 0 Å². The van der Waals surface area contributed by atoms with Crippen molar-refractivity contribution in [2.75, 3.05) is 6.61 Å². The first-order chi connectivity index (χ1) is 8.65. The fraction of sp³-hybridized carbons (Fsp3) is 0.429. The van der Waals surface area contributed by atoms with Gasteiger partial charge in [-0.05, 0) is 25.5 Å². The number of ether oxygens (including phenoxy) is 1. The molecule has 4 nitrogen and oxygen atoms in total. The zero-order chi connectivity index (χ0) is 13.4. The second-order valence-corrected chi connectivity index (χ2v) is 4.08. The number of hydrogen-bond donors (Lipinski definition) is 1. The molecule has 1 rings (SSSR count). The fourth-order valence-electron chi connectivity index (χ4n) is 1.37. The lowest BCUT2D eigenvalue weighted by molar-refractivity contribution is -0.145. The molecule has 0 aromatic heterocycles. The Morgan fingerprint density at radius 3 is 2.56 bits per heavy atom. The summed E-state index contributed by atoms with van der Waals surface area (Å²) < 4.78 is 5.03. The molecule has 0 bridgehead atoms. The van der Waals surface area contributed by atoms with Gasteiger partial charge in [0.25, 0.3) is 5.91 Å². The van der Waals surface area contributed by atoms with Crippen LogP contribution in [-0.2, 0) is 9.53 Å². The molecule has 0 aliphatic carbocycles. The summed E-state index contributed by atoms with van der Waals surface area (Å²) in [7, 11) is 0. The summed E-state index contributed by atoms with van der Waals surface area (Å²) in [5.74, 6) is -0.664. The SMILES string of the molecule is CCCCOC(=O)C(C)NC(=O)c1ccccc1. The van der Waals surface area contributed by atoms with Gasteiger partial charge in [0.2, 0.25) is 0 Å². The van der Waals surface area contributed by atoms with Gasteiger partial charge in [-0.2, -0.15) is 0 Å². The number of carbonyl (C=O) groups is 2. The first-order valence-electron chi connectivity index (χ1n) is 6.17. The van der Waals surface area contributed by atoms with Crippen LogP contribution < -0.4 is 5.32 Å². The van der Waals surface area contributed by atoms with Crippen LogP contribution in [-0.4, -0.2) is 24.5 Å². The summed E-state index contributed by atoms with van der Waals surface area (Å²) in [6.07, 6.45) is 1.81. The highest BCUT2D eigenvalue weighted by atomic mass is 16.5. The Morgan fingerprint density at radius 1 is 1.28 bits per heavy atom. The molecule has 98 valence electrons. The second kappa shape index (κ2) is 7.48. The largest absolute Gasteiger partial charge is 0.464 e. The summed E-state index contributed by atoms with van der Waals surface area (Å²) in [5.41, 5.74) is 0.533. The van der Waals surface area contributed by atoms with Crippen molar-refractivity contribution < 1.29 is 14.3 Å². The van der Waals surface area contributed by atoms with Crippen LogP contribution in [0.2, 0.25) is 0 Å². The number of unbranched alkanes of at least 4 members (excludes halogenated alkanes) is 1. The van der Waals surface area contributed by atoms with Gasteiger partial charge in [-0.1, -0.05) is 31.5 Å². The summed E-state index contributed by atoms with van der Waals surface area (Å²) in [6, 6.07) is 8.15. The molecule has 0 radical (unpaired) electrons. The Labute approximate surface area is 107 Å². The molecule has 1 unspecified atom stereocenters. The minimum absolute atomic E-state index is 0.268. The van der Waals surface area contributed by atoms with Gasteiger partial charge in [0.1, 0.15) is 6.04 Å². The molecule has 0 aliphatic heterocycles. The van der Waals surface area contributed by atoms with E-state index in [0.717, 1.165) is 12.8 Å². The molecule has 1 aromatic carbocycles. The molecule has 0 saturated carbocycles. The summed E-state index contributed by atoms with van der Waals surface area (Å²) in [4.78, 5) is 23.3. The molecule has 1 N–H and O–H groups in total. The maximum Gasteiger partial charge on any atom is 0.328 e. The van der Waals surface area contributed by atoms with Crippen LogP contribution in [0, 0.1) is 0 Å². The second-order valence-electron chi connectivity index (χ2n) is 4.08. The third kappa shape index (κ3) is 4.57. The smallest absolute Gasteiger partial charge is 0.328 e. The fourth-order valence-corrected chi connectivity index (χ4v) is 1.37. The highest BCUT2D eigenvalue weighted by molar-refractivity contribution is 5.96. The van der Waals surface area contributed by atoms with Crippen molar-refractivity contribution in [1.29, 1.82) is 0 Å². The van der Waals surface area contributed by atoms with E-state index >= 15 is 0 Å². The number of hydrogen-bond acceptors (Lipinski definition) is 3. The number of esters is 1. The molecule has 0 heterocycles. The lowest BCUT2D eigenvalue weighted by atomic mass is 10.2. The quantitative estimate of drug-likeness (QED) is 0.621. The predicted molar refractivity (Wildman–Crippen MR) is 69.2 cm³/mol. The predicted octanol–water partition coefficient (Wildman–Crippen LogP) is 2.15. The van der Waals surface area contributed by atoms with Crippen LogP contribution >= 0.6 is 0 Å². The Morgan fingerprint density at radius 2 is 1.94 bits per heavy atom. The van der Waals surface area contributed by atoms with E-state index in [9.17, 15) is 9.59 Å². The number of nitrogens with one attached hydrogen (secondary N) is 1. The highest BCUT2D eigenvalue weighted by Crippen LogP contribution is 2.00. The van der Waals surface area contributed by atoms with Crippen LogP contribution in [0.4, 0.5) is 0 Å². The topological polar surface area (TPSA) is 55.4 Å². The van der Waals surface area contributed by atoms with Gasteiger partial charge in [-0.25, -0.2) is 4.79 Å². The molecule has 1 atom stereocenters. The Kier molecular flexibility index (Phi) is 5.91. The number of benzene rings is 1. The lowest BCUT2D eigenvalue weighted by Crippen LogP contribution is -2.39. The zero-order valence-corrected chi connectivity index (χ0v) is 10.8. The van der Waals surface area contributed by atoms with Crippen molar-refractivity contribution in [3.05, 3.63) is 35.9 Å². The lowest BCUT2D eigenvalue weighted by Gasteiger charge is -2.13. The maximum atomic E-state index is 11.8. The number of rotatable bonds is 6. The van der Waals surface area contributed by atoms with Crippen LogP contribution in [0.15, 0.2) is 30.3 Å². The molecule has 0 fully saturated rings. The van der Waals surface area contributed by atoms with Crippen LogP contribution in [0.5, 0.6) is 0 Å². The Bertz CT molecular complexity index is 389. The van der Waals surface area contributed by atoms with Crippen molar-refractivity contribution >= 4 is 11.9 Å². The van der Waals surface area contributed by atoms with E-state index in [1.165, 1.54) is 0 Å². The summed E-state index contributed by atoms with van der Waals surface area (Å²) in [5, 5.41) is 2.61. The average molecular weight is 249 g/mol. The van der Waals surface area contributed by atoms with Crippen LogP contribution in [0.3, 0.4) is 0 Å². The molecule has 1 aromatic rings. The third-order valence-corrected chi connectivity index (χ3v) is 2.48. The molecule has 4 heteroatoms. The molecular formula is C14H19NO3. The summed E-state index contributed by atoms with van der Waals surface area (Å²) >= 11 is 0. The molecule has 0 spiro atoms. The minimum Gasteiger partial charge on any atom is -0.464 e. The zero-order valence-electron chi connectivity index (χ0n) is 10.8. The van der Waals surface area contributed by atoms with E-state index in [1.807, 2.05) is 13.0 Å². The first kappa shape index (κ1) is 14.2. The van der Waals surface area contributed by atoms with Gasteiger partial charge in [0.15, 0.2) is 0 Å². The van der Waals surface area contributed by atoms with E-state index in [0.29, 0.717) is 12.2 Å². The highest BCUT2D eigenvalue weighted by Gasteiger charge is 2.17. The average Bonchev–Trinajstić information content (AvgIpc) is 2.39. The molecule has 0 saturated heterocycles. The molecule has 18 heavy (non-hydrogen) atoms. The minimum atomic E-state index is -0.630. The van der Waals surface area contributed by atoms with Crippen molar-refractivity contribution in [3.63, 3.8) is 0 Å². The van der Waals surface area contributed by atoms with Crippen LogP contribution in [0.25, 0.3) is 0 Å². The normalized spacial score (nSPS) is 11.7. The monoisotopic (exact) mass is 249 g/mol. The van der Waals surface area contributed by atoms with E-state index in [2.05, 4.69) is 5.32 Å². The van der Waals surface area contributed by atoms with Crippen molar-refractivity contribution in [1.82, 2.24) is 5.32 Å². The molecular weight excluding hydrogens is 230 g/mol. The Balaban J connectivity index is 2.42. The number of carbonyl (C=O) groups excluding carboxylic acids is 2. The van der Waals surface area contributed by atoms with Gasteiger partial charge in [0.05, 0.1) is 6.61 Å². The van der Waals surface area contributed by atoms with Gasteiger partial charge >= 0.3 is 5.97 Å². The van der Waals surface area contributed by atoms with Gasteiger partial charge in [-0.3, -0.25) is 4.79 Å². The molecule has 1 amide bonds. The van der Waals surface area contributed by atoms with E-state index in [-0.39, 0.29) is 5.91 Å². The van der Waals surface area contributed by atoms with Crippen molar-refractivity contribution in [2.24, 2.45) is 0 Å². The standard InChI is InChI=1S/C14H19NO3/c1-3-4-10-18-14(17)11(2)15-13(16)12-8-6-5-7-9-12/h5-9,11H,3-4,10H2,1-2H3,(H,15,16). The molecule has 0 aliphatic rings. The summed E-state index contributed by atoms with van der Waals surface area (Å²) in [6.45, 7) is 4.05. The van der Waals surface area contributed by atoms with E-state index in [4.69, 9.17) is 4.74 Å².